The van der Waals surface area contributed by atoms with Gasteiger partial charge in [-0.2, -0.15) is 0 Å². The first-order valence-electron chi connectivity index (χ1n) is 4.85. The van der Waals surface area contributed by atoms with Gasteiger partial charge in [0.05, 0.1) is 0 Å². The van der Waals surface area contributed by atoms with Crippen LogP contribution in [0.4, 0.5) is 0 Å². The summed E-state index contributed by atoms with van der Waals surface area (Å²) in [7, 11) is 0. The third-order valence-electron chi connectivity index (χ3n) is 2.21. The minimum absolute atomic E-state index is 0.0316. The summed E-state index contributed by atoms with van der Waals surface area (Å²) in [6.45, 7) is 6.00. The number of halogens is 2. The smallest absolute Gasteiger partial charge is 0.220 e. The molecule has 16 heavy (non-hydrogen) atoms. The summed E-state index contributed by atoms with van der Waals surface area (Å²) in [5.74, 6) is -0.0316. The van der Waals surface area contributed by atoms with E-state index in [1.165, 1.54) is 6.92 Å². The van der Waals surface area contributed by atoms with Crippen molar-refractivity contribution in [3.05, 3.63) is 46.5 Å². The monoisotopic (exact) mass is 257 g/mol. The van der Waals surface area contributed by atoms with Crippen LogP contribution in [0.3, 0.4) is 0 Å². The second-order valence-electron chi connectivity index (χ2n) is 3.39. The van der Waals surface area contributed by atoms with Gasteiger partial charge >= 0.3 is 0 Å². The summed E-state index contributed by atoms with van der Waals surface area (Å²) in [5.41, 5.74) is 0.767. The summed E-state index contributed by atoms with van der Waals surface area (Å²) >= 11 is 12.1. The topological polar surface area (TPSA) is 20.3 Å². The number of benzene rings is 1. The number of nitrogens with zero attached hydrogens (tertiary/aromatic N) is 1. The van der Waals surface area contributed by atoms with Gasteiger partial charge in [-0.3, -0.25) is 4.79 Å². The average molecular weight is 258 g/mol. The van der Waals surface area contributed by atoms with E-state index < -0.39 is 0 Å². The van der Waals surface area contributed by atoms with Crippen LogP contribution in [0.2, 0.25) is 10.0 Å². The molecule has 0 saturated carbocycles. The highest BCUT2D eigenvalue weighted by atomic mass is 35.5. The summed E-state index contributed by atoms with van der Waals surface area (Å²) < 4.78 is 0. The third kappa shape index (κ3) is 3.26. The Bertz CT molecular complexity index is 384. The van der Waals surface area contributed by atoms with E-state index in [4.69, 9.17) is 23.2 Å². The first kappa shape index (κ1) is 13.1. The quantitative estimate of drug-likeness (QED) is 0.756. The second-order valence-corrected chi connectivity index (χ2v) is 4.20. The molecule has 4 heteroatoms. The molecule has 0 heterocycles. The van der Waals surface area contributed by atoms with Crippen LogP contribution in [0.25, 0.3) is 0 Å². The van der Waals surface area contributed by atoms with Gasteiger partial charge in [-0.15, -0.1) is 6.58 Å². The van der Waals surface area contributed by atoms with Crippen LogP contribution < -0.4 is 0 Å². The first-order valence-corrected chi connectivity index (χ1v) is 5.61. The minimum atomic E-state index is -0.0316. The molecule has 0 spiro atoms. The molecule has 1 aromatic rings. The Kier molecular flexibility index (Phi) is 4.84. The van der Waals surface area contributed by atoms with Gasteiger partial charge in [0, 0.05) is 35.6 Å². The number of hydrogen-bond acceptors (Lipinski definition) is 1. The van der Waals surface area contributed by atoms with Crippen LogP contribution in [-0.4, -0.2) is 17.4 Å². The van der Waals surface area contributed by atoms with Crippen molar-refractivity contribution in [2.24, 2.45) is 0 Å². The lowest BCUT2D eigenvalue weighted by molar-refractivity contribution is -0.128. The Morgan fingerprint density at radius 2 is 2.00 bits per heavy atom. The number of carbonyl (C=O) groups excluding carboxylic acids is 1. The second kappa shape index (κ2) is 5.92. The molecule has 0 unspecified atom stereocenters. The molecule has 0 aliphatic rings. The minimum Gasteiger partial charge on any atom is -0.335 e. The molecule has 0 bridgehead atoms. The lowest BCUT2D eigenvalue weighted by Gasteiger charge is -2.20. The first-order chi connectivity index (χ1) is 7.56. The molecule has 1 aromatic carbocycles. The van der Waals surface area contributed by atoms with E-state index in [1.807, 2.05) is 0 Å². The highest BCUT2D eigenvalue weighted by Crippen LogP contribution is 2.25. The Morgan fingerprint density at radius 3 is 2.44 bits per heavy atom. The van der Waals surface area contributed by atoms with Gasteiger partial charge in [0.1, 0.15) is 0 Å². The van der Waals surface area contributed by atoms with Crippen LogP contribution in [0.1, 0.15) is 12.5 Å². The van der Waals surface area contributed by atoms with Crippen LogP contribution >= 0.6 is 23.2 Å². The zero-order valence-corrected chi connectivity index (χ0v) is 10.6. The Balaban J connectivity index is 2.93. The normalized spacial score (nSPS) is 9.94. The molecule has 0 N–H and O–H groups in total. The van der Waals surface area contributed by atoms with Crippen molar-refractivity contribution in [1.29, 1.82) is 0 Å². The summed E-state index contributed by atoms with van der Waals surface area (Å²) in [5, 5.41) is 1.14. The van der Waals surface area contributed by atoms with Crippen LogP contribution in [0.5, 0.6) is 0 Å². The average Bonchev–Trinajstić information content (AvgIpc) is 2.21. The molecule has 1 rings (SSSR count). The largest absolute Gasteiger partial charge is 0.335 e. The van der Waals surface area contributed by atoms with Gasteiger partial charge in [0.25, 0.3) is 0 Å². The van der Waals surface area contributed by atoms with Crippen molar-refractivity contribution in [3.8, 4) is 0 Å². The molecule has 0 atom stereocenters. The van der Waals surface area contributed by atoms with Crippen LogP contribution in [0.15, 0.2) is 30.9 Å². The van der Waals surface area contributed by atoms with Crippen LogP contribution in [0, 0.1) is 0 Å². The zero-order valence-electron chi connectivity index (χ0n) is 9.04. The zero-order chi connectivity index (χ0) is 12.1. The molecule has 0 saturated heterocycles. The predicted molar refractivity (Wildman–Crippen MR) is 67.8 cm³/mol. The molecule has 0 aromatic heterocycles. The summed E-state index contributed by atoms with van der Waals surface area (Å²) in [6, 6.07) is 5.30. The molecule has 0 aliphatic carbocycles. The number of amides is 1. The van der Waals surface area contributed by atoms with E-state index in [-0.39, 0.29) is 5.91 Å². The molecule has 2 nitrogen and oxygen atoms in total. The fourth-order valence-electron chi connectivity index (χ4n) is 1.33. The Morgan fingerprint density at radius 1 is 1.44 bits per heavy atom. The lowest BCUT2D eigenvalue weighted by Crippen LogP contribution is -2.28. The van der Waals surface area contributed by atoms with E-state index in [2.05, 4.69) is 6.58 Å². The van der Waals surface area contributed by atoms with Crippen molar-refractivity contribution in [1.82, 2.24) is 4.90 Å². The molecule has 86 valence electrons. The molecule has 0 fully saturated rings. The highest BCUT2D eigenvalue weighted by Gasteiger charge is 2.12. The predicted octanol–water partition coefficient (Wildman–Crippen LogP) is 3.53. The van der Waals surface area contributed by atoms with E-state index >= 15 is 0 Å². The van der Waals surface area contributed by atoms with Crippen molar-refractivity contribution in [3.63, 3.8) is 0 Å². The van der Waals surface area contributed by atoms with Crippen molar-refractivity contribution >= 4 is 29.1 Å². The maximum atomic E-state index is 11.4. The van der Waals surface area contributed by atoms with Crippen molar-refractivity contribution in [2.75, 3.05) is 6.54 Å². The number of rotatable bonds is 4. The van der Waals surface area contributed by atoms with E-state index in [0.29, 0.717) is 23.1 Å². The molecule has 0 aliphatic heterocycles. The molecular weight excluding hydrogens is 245 g/mol. The molecule has 0 radical (unpaired) electrons. The van der Waals surface area contributed by atoms with E-state index in [0.717, 1.165) is 5.56 Å². The summed E-state index contributed by atoms with van der Waals surface area (Å²) in [4.78, 5) is 13.0. The van der Waals surface area contributed by atoms with E-state index in [9.17, 15) is 4.79 Å². The fraction of sp³-hybridized carbons (Fsp3) is 0.250. The standard InChI is InChI=1S/C12H13Cl2NO/c1-3-7-15(9(2)16)8-10-11(13)5-4-6-12(10)14/h3-6H,1,7-8H2,2H3. The molecular formula is C12H13Cl2NO. The Hall–Kier alpha value is -0.990. The number of carbonyl (C=O) groups is 1. The van der Waals surface area contributed by atoms with Gasteiger partial charge in [-0.1, -0.05) is 35.3 Å². The maximum Gasteiger partial charge on any atom is 0.220 e. The van der Waals surface area contributed by atoms with Crippen LogP contribution in [-0.2, 0) is 11.3 Å². The fourth-order valence-corrected chi connectivity index (χ4v) is 1.85. The third-order valence-corrected chi connectivity index (χ3v) is 2.91. The van der Waals surface area contributed by atoms with Gasteiger partial charge < -0.3 is 4.90 Å². The highest BCUT2D eigenvalue weighted by molar-refractivity contribution is 6.36. The Labute approximate surface area is 105 Å². The SMILES string of the molecule is C=CCN(Cc1c(Cl)cccc1Cl)C(C)=O. The van der Waals surface area contributed by atoms with Crippen molar-refractivity contribution in [2.45, 2.75) is 13.5 Å². The van der Waals surface area contributed by atoms with E-state index in [1.54, 1.807) is 29.2 Å². The molecule has 1 amide bonds. The summed E-state index contributed by atoms with van der Waals surface area (Å²) in [6.07, 6.45) is 1.67. The van der Waals surface area contributed by atoms with Gasteiger partial charge in [0.15, 0.2) is 0 Å². The lowest BCUT2D eigenvalue weighted by atomic mass is 10.2. The maximum absolute atomic E-state index is 11.4. The number of hydrogen-bond donors (Lipinski definition) is 0. The van der Waals surface area contributed by atoms with Gasteiger partial charge in [0.2, 0.25) is 5.91 Å². The van der Waals surface area contributed by atoms with Gasteiger partial charge in [-0.25, -0.2) is 0 Å². The van der Waals surface area contributed by atoms with Gasteiger partial charge in [-0.05, 0) is 12.1 Å². The van der Waals surface area contributed by atoms with Crippen molar-refractivity contribution < 1.29 is 4.79 Å².